The Morgan fingerprint density at radius 3 is 2.95 bits per heavy atom. The molecular weight excluding hydrogens is 240 g/mol. The van der Waals surface area contributed by atoms with Crippen LogP contribution in [-0.2, 0) is 9.59 Å². The summed E-state index contributed by atoms with van der Waals surface area (Å²) in [4.78, 5) is 25.6. The first-order chi connectivity index (χ1) is 9.11. The Bertz CT molecular complexity index is 485. The third-order valence-corrected chi connectivity index (χ3v) is 3.36. The standard InChI is InChI=1S/C15H20N2O2/c1-3-7-16-15(19)12-9-14(18)17(10-12)13-6-4-5-11(2)8-13/h4-6,8,12H,3,7,9-10H2,1-2H3,(H,16,19)/t12-/m0/s1. The molecular formula is C15H20N2O2. The number of hydrogen-bond donors (Lipinski definition) is 1. The summed E-state index contributed by atoms with van der Waals surface area (Å²) in [5.74, 6) is -0.202. The van der Waals surface area contributed by atoms with Crippen molar-refractivity contribution in [2.75, 3.05) is 18.0 Å². The van der Waals surface area contributed by atoms with Crippen molar-refractivity contribution in [3.63, 3.8) is 0 Å². The summed E-state index contributed by atoms with van der Waals surface area (Å²) in [6.45, 7) is 5.17. The lowest BCUT2D eigenvalue weighted by Crippen LogP contribution is -2.33. The van der Waals surface area contributed by atoms with E-state index in [4.69, 9.17) is 0 Å². The zero-order valence-corrected chi connectivity index (χ0v) is 11.5. The van der Waals surface area contributed by atoms with Gasteiger partial charge in [0.05, 0.1) is 5.92 Å². The molecule has 0 spiro atoms. The maximum atomic E-state index is 12.0. The lowest BCUT2D eigenvalue weighted by atomic mass is 10.1. The quantitative estimate of drug-likeness (QED) is 0.898. The van der Waals surface area contributed by atoms with Crippen LogP contribution in [0.3, 0.4) is 0 Å². The van der Waals surface area contributed by atoms with Crippen LogP contribution in [0.4, 0.5) is 5.69 Å². The van der Waals surface area contributed by atoms with Gasteiger partial charge in [-0.3, -0.25) is 9.59 Å². The topological polar surface area (TPSA) is 49.4 Å². The first-order valence-corrected chi connectivity index (χ1v) is 6.76. The predicted molar refractivity (Wildman–Crippen MR) is 74.9 cm³/mol. The molecule has 1 atom stereocenters. The third-order valence-electron chi connectivity index (χ3n) is 3.36. The molecule has 1 aromatic rings. The normalized spacial score (nSPS) is 18.7. The highest BCUT2D eigenvalue weighted by Crippen LogP contribution is 2.25. The second-order valence-electron chi connectivity index (χ2n) is 5.04. The van der Waals surface area contributed by atoms with Crippen molar-refractivity contribution in [3.05, 3.63) is 29.8 Å². The van der Waals surface area contributed by atoms with E-state index in [9.17, 15) is 9.59 Å². The van der Waals surface area contributed by atoms with Gasteiger partial charge in [-0.15, -0.1) is 0 Å². The van der Waals surface area contributed by atoms with Crippen LogP contribution < -0.4 is 10.2 Å². The molecule has 0 radical (unpaired) electrons. The van der Waals surface area contributed by atoms with Gasteiger partial charge in [-0.25, -0.2) is 0 Å². The van der Waals surface area contributed by atoms with Gasteiger partial charge in [0.15, 0.2) is 0 Å². The summed E-state index contributed by atoms with van der Waals surface area (Å²) >= 11 is 0. The van der Waals surface area contributed by atoms with Crippen LogP contribution in [0.1, 0.15) is 25.3 Å². The molecule has 1 fully saturated rings. The first-order valence-electron chi connectivity index (χ1n) is 6.76. The minimum absolute atomic E-state index is 0.00893. The Kier molecular flexibility index (Phi) is 4.20. The summed E-state index contributed by atoms with van der Waals surface area (Å²) in [6.07, 6.45) is 1.22. The van der Waals surface area contributed by atoms with Crippen molar-refractivity contribution in [3.8, 4) is 0 Å². The summed E-state index contributed by atoms with van der Waals surface area (Å²) in [5.41, 5.74) is 2.00. The number of benzene rings is 1. The Morgan fingerprint density at radius 2 is 2.26 bits per heavy atom. The maximum Gasteiger partial charge on any atom is 0.227 e. The smallest absolute Gasteiger partial charge is 0.227 e. The van der Waals surface area contributed by atoms with E-state index >= 15 is 0 Å². The second kappa shape index (κ2) is 5.87. The molecule has 1 aliphatic heterocycles. The minimum atomic E-state index is -0.223. The van der Waals surface area contributed by atoms with Crippen LogP contribution in [0.25, 0.3) is 0 Å². The number of aryl methyl sites for hydroxylation is 1. The Balaban J connectivity index is 2.05. The summed E-state index contributed by atoms with van der Waals surface area (Å²) in [6, 6.07) is 7.82. The van der Waals surface area contributed by atoms with Crippen LogP contribution in [0.5, 0.6) is 0 Å². The van der Waals surface area contributed by atoms with Gasteiger partial charge in [0, 0.05) is 25.2 Å². The zero-order chi connectivity index (χ0) is 13.8. The molecule has 1 heterocycles. The average molecular weight is 260 g/mol. The van der Waals surface area contributed by atoms with Crippen molar-refractivity contribution >= 4 is 17.5 Å². The number of hydrogen-bond acceptors (Lipinski definition) is 2. The van der Waals surface area contributed by atoms with Crippen molar-refractivity contribution in [1.82, 2.24) is 5.32 Å². The Morgan fingerprint density at radius 1 is 1.47 bits per heavy atom. The van der Waals surface area contributed by atoms with Crippen LogP contribution >= 0.6 is 0 Å². The van der Waals surface area contributed by atoms with Crippen molar-refractivity contribution < 1.29 is 9.59 Å². The van der Waals surface area contributed by atoms with Gasteiger partial charge in [-0.1, -0.05) is 19.1 Å². The largest absolute Gasteiger partial charge is 0.356 e. The fraction of sp³-hybridized carbons (Fsp3) is 0.467. The third kappa shape index (κ3) is 3.13. The molecule has 0 bridgehead atoms. The number of rotatable bonds is 4. The van der Waals surface area contributed by atoms with Crippen LogP contribution in [-0.4, -0.2) is 24.9 Å². The molecule has 0 aliphatic carbocycles. The SMILES string of the molecule is CCCNC(=O)[C@H]1CC(=O)N(c2cccc(C)c2)C1. The molecule has 0 aromatic heterocycles. The molecule has 1 saturated heterocycles. The lowest BCUT2D eigenvalue weighted by molar-refractivity contribution is -0.126. The summed E-state index contributed by atoms with van der Waals surface area (Å²) in [7, 11) is 0. The van der Waals surface area contributed by atoms with E-state index in [0.717, 1.165) is 17.7 Å². The number of carbonyl (C=O) groups excluding carboxylic acids is 2. The highest BCUT2D eigenvalue weighted by atomic mass is 16.2. The molecule has 1 aromatic carbocycles. The van der Waals surface area contributed by atoms with Crippen LogP contribution in [0.15, 0.2) is 24.3 Å². The second-order valence-corrected chi connectivity index (χ2v) is 5.04. The average Bonchev–Trinajstić information content (AvgIpc) is 2.78. The van der Waals surface area contributed by atoms with Gasteiger partial charge in [-0.05, 0) is 31.0 Å². The number of anilines is 1. The number of carbonyl (C=O) groups is 2. The molecule has 2 amide bonds. The molecule has 0 saturated carbocycles. The molecule has 4 heteroatoms. The predicted octanol–water partition coefficient (Wildman–Crippen LogP) is 1.87. The monoisotopic (exact) mass is 260 g/mol. The molecule has 0 unspecified atom stereocenters. The van der Waals surface area contributed by atoms with Crippen molar-refractivity contribution in [2.24, 2.45) is 5.92 Å². The summed E-state index contributed by atoms with van der Waals surface area (Å²) < 4.78 is 0. The van der Waals surface area contributed by atoms with Crippen molar-refractivity contribution in [1.29, 1.82) is 0 Å². The summed E-state index contributed by atoms with van der Waals surface area (Å²) in [5, 5.41) is 2.86. The number of nitrogens with one attached hydrogen (secondary N) is 1. The highest BCUT2D eigenvalue weighted by molar-refractivity contribution is 6.00. The fourth-order valence-electron chi connectivity index (χ4n) is 2.32. The van der Waals surface area contributed by atoms with Crippen LogP contribution in [0, 0.1) is 12.8 Å². The highest BCUT2D eigenvalue weighted by Gasteiger charge is 2.34. The maximum absolute atomic E-state index is 12.0. The van der Waals surface area contributed by atoms with E-state index in [2.05, 4.69) is 5.32 Å². The molecule has 1 N–H and O–H groups in total. The van der Waals surface area contributed by atoms with E-state index in [1.807, 2.05) is 38.1 Å². The Hall–Kier alpha value is -1.84. The van der Waals surface area contributed by atoms with Crippen molar-refractivity contribution in [2.45, 2.75) is 26.7 Å². The molecule has 4 nitrogen and oxygen atoms in total. The molecule has 1 aliphatic rings. The van der Waals surface area contributed by atoms with Gasteiger partial charge in [0.25, 0.3) is 0 Å². The fourth-order valence-corrected chi connectivity index (χ4v) is 2.32. The van der Waals surface area contributed by atoms with Gasteiger partial charge in [0.2, 0.25) is 11.8 Å². The molecule has 2 rings (SSSR count). The molecule has 102 valence electrons. The van der Waals surface area contributed by atoms with E-state index in [0.29, 0.717) is 19.5 Å². The first kappa shape index (κ1) is 13.6. The zero-order valence-electron chi connectivity index (χ0n) is 11.5. The van der Waals surface area contributed by atoms with Gasteiger partial charge in [-0.2, -0.15) is 0 Å². The van der Waals surface area contributed by atoms with E-state index in [1.165, 1.54) is 0 Å². The van der Waals surface area contributed by atoms with Gasteiger partial charge >= 0.3 is 0 Å². The number of amides is 2. The van der Waals surface area contributed by atoms with E-state index < -0.39 is 0 Å². The molecule has 19 heavy (non-hydrogen) atoms. The van der Waals surface area contributed by atoms with Gasteiger partial charge < -0.3 is 10.2 Å². The van der Waals surface area contributed by atoms with E-state index in [-0.39, 0.29) is 17.7 Å². The van der Waals surface area contributed by atoms with Crippen LogP contribution in [0.2, 0.25) is 0 Å². The Labute approximate surface area is 113 Å². The van der Waals surface area contributed by atoms with E-state index in [1.54, 1.807) is 4.90 Å². The van der Waals surface area contributed by atoms with Gasteiger partial charge in [0.1, 0.15) is 0 Å². The number of nitrogens with zero attached hydrogens (tertiary/aromatic N) is 1. The lowest BCUT2D eigenvalue weighted by Gasteiger charge is -2.17. The minimum Gasteiger partial charge on any atom is -0.356 e.